The van der Waals surface area contributed by atoms with Crippen LogP contribution in [0.4, 0.5) is 0 Å². The molecule has 6 atom stereocenters. The van der Waals surface area contributed by atoms with Gasteiger partial charge in [-0.2, -0.15) is 0 Å². The van der Waals surface area contributed by atoms with Gasteiger partial charge in [-0.05, 0) is 12.8 Å². The molecule has 0 bridgehead atoms. The van der Waals surface area contributed by atoms with Crippen LogP contribution in [0.2, 0.25) is 0 Å². The summed E-state index contributed by atoms with van der Waals surface area (Å²) in [6.45, 7) is 3.20. The number of phosphoric acid groups is 1. The SMILES string of the molecule is CCCCCCCCCCCCCCCCCCCCCCCCCCC(=O)OC(COC(=O)CCCCCCC)COP(=O)(O)OC1C(O)C(O)C(O)C(O)C1O. The van der Waals surface area contributed by atoms with Crippen LogP contribution in [0.25, 0.3) is 0 Å². The Morgan fingerprint density at radius 2 is 0.776 bits per heavy atom. The molecule has 0 radical (unpaired) electrons. The molecule has 1 rings (SSSR count). The maximum Gasteiger partial charge on any atom is 0.472 e. The third-order valence-electron chi connectivity index (χ3n) is 11.2. The van der Waals surface area contributed by atoms with Crippen LogP contribution < -0.4 is 0 Å². The molecule has 0 aromatic heterocycles. The lowest BCUT2D eigenvalue weighted by molar-refractivity contribution is -0.220. The molecule has 0 spiro atoms. The molecule has 0 aromatic rings. The predicted molar refractivity (Wildman–Crippen MR) is 226 cm³/mol. The Morgan fingerprint density at radius 3 is 1.14 bits per heavy atom. The molecule has 344 valence electrons. The summed E-state index contributed by atoms with van der Waals surface area (Å²) in [4.78, 5) is 35.3. The fourth-order valence-corrected chi connectivity index (χ4v) is 8.38. The van der Waals surface area contributed by atoms with E-state index in [0.717, 1.165) is 44.9 Å². The third-order valence-corrected chi connectivity index (χ3v) is 12.2. The highest BCUT2D eigenvalue weighted by molar-refractivity contribution is 7.47. The maximum atomic E-state index is 12.7. The lowest BCUT2D eigenvalue weighted by Crippen LogP contribution is -2.64. The van der Waals surface area contributed by atoms with Gasteiger partial charge in [0.2, 0.25) is 0 Å². The van der Waals surface area contributed by atoms with Gasteiger partial charge in [-0.25, -0.2) is 4.57 Å². The van der Waals surface area contributed by atoms with Crippen molar-refractivity contribution in [2.45, 2.75) is 256 Å². The van der Waals surface area contributed by atoms with Gasteiger partial charge in [0.25, 0.3) is 0 Å². The number of unbranched alkanes of at least 4 members (excludes halogenated alkanes) is 27. The maximum absolute atomic E-state index is 12.7. The van der Waals surface area contributed by atoms with Gasteiger partial charge >= 0.3 is 19.8 Å². The summed E-state index contributed by atoms with van der Waals surface area (Å²) in [5.41, 5.74) is 0. The Hall–Kier alpha value is -1.15. The van der Waals surface area contributed by atoms with Crippen LogP contribution in [0.1, 0.15) is 213 Å². The van der Waals surface area contributed by atoms with E-state index >= 15 is 0 Å². The quantitative estimate of drug-likeness (QED) is 0.0194. The van der Waals surface area contributed by atoms with Crippen molar-refractivity contribution in [2.75, 3.05) is 13.2 Å². The monoisotopic (exact) mass is 853 g/mol. The Bertz CT molecular complexity index is 1030. The number of rotatable bonds is 39. The Labute approximate surface area is 351 Å². The summed E-state index contributed by atoms with van der Waals surface area (Å²) in [7, 11) is -5.10. The second kappa shape index (κ2) is 35.4. The van der Waals surface area contributed by atoms with Crippen molar-refractivity contribution in [3.05, 3.63) is 0 Å². The first-order valence-corrected chi connectivity index (χ1v) is 24.8. The number of aliphatic hydroxyl groups is 5. The molecule has 13 nitrogen and oxygen atoms in total. The van der Waals surface area contributed by atoms with Gasteiger partial charge in [0.15, 0.2) is 6.10 Å². The van der Waals surface area contributed by atoms with E-state index in [1.54, 1.807) is 0 Å². The summed E-state index contributed by atoms with van der Waals surface area (Å²) in [5.74, 6) is -1.10. The summed E-state index contributed by atoms with van der Waals surface area (Å²) in [5, 5.41) is 49.9. The molecule has 6 unspecified atom stereocenters. The number of carbonyl (C=O) groups is 2. The summed E-state index contributed by atoms with van der Waals surface area (Å²) in [6.07, 6.45) is 22.4. The van der Waals surface area contributed by atoms with Gasteiger partial charge in [0.1, 0.15) is 43.2 Å². The topological polar surface area (TPSA) is 210 Å². The average molecular weight is 853 g/mol. The molecule has 1 aliphatic rings. The number of phosphoric ester groups is 1. The first kappa shape index (κ1) is 54.9. The molecule has 1 aliphatic carbocycles. The van der Waals surface area contributed by atoms with Crippen molar-refractivity contribution in [2.24, 2.45) is 0 Å². The molecule has 0 aromatic carbocycles. The van der Waals surface area contributed by atoms with Crippen molar-refractivity contribution < 1.29 is 63.1 Å². The molecule has 58 heavy (non-hydrogen) atoms. The van der Waals surface area contributed by atoms with Crippen molar-refractivity contribution in [1.82, 2.24) is 0 Å². The number of hydrogen-bond donors (Lipinski definition) is 6. The van der Waals surface area contributed by atoms with Crippen LogP contribution in [-0.4, -0.2) is 98.3 Å². The van der Waals surface area contributed by atoms with Gasteiger partial charge in [-0.1, -0.05) is 187 Å². The molecule has 0 saturated heterocycles. The van der Waals surface area contributed by atoms with Crippen molar-refractivity contribution in [3.63, 3.8) is 0 Å². The lowest BCUT2D eigenvalue weighted by atomic mass is 9.85. The van der Waals surface area contributed by atoms with E-state index in [1.165, 1.54) is 128 Å². The van der Waals surface area contributed by atoms with Crippen molar-refractivity contribution in [1.29, 1.82) is 0 Å². The van der Waals surface area contributed by atoms with Crippen LogP contribution in [0, 0.1) is 0 Å². The molecule has 0 amide bonds. The minimum atomic E-state index is -5.10. The van der Waals surface area contributed by atoms with Crippen LogP contribution in [0.5, 0.6) is 0 Å². The van der Waals surface area contributed by atoms with E-state index in [0.29, 0.717) is 12.8 Å². The summed E-state index contributed by atoms with van der Waals surface area (Å²) in [6, 6.07) is 0. The third kappa shape index (κ3) is 27.6. The van der Waals surface area contributed by atoms with Crippen LogP contribution in [0.15, 0.2) is 0 Å². The molecule has 0 heterocycles. The highest BCUT2D eigenvalue weighted by Gasteiger charge is 2.51. The van der Waals surface area contributed by atoms with E-state index in [9.17, 15) is 44.6 Å². The van der Waals surface area contributed by atoms with Gasteiger partial charge < -0.3 is 39.9 Å². The zero-order chi connectivity index (χ0) is 42.9. The Kier molecular flexibility index (Phi) is 33.5. The number of hydrogen-bond acceptors (Lipinski definition) is 12. The molecule has 1 saturated carbocycles. The van der Waals surface area contributed by atoms with Crippen LogP contribution in [0.3, 0.4) is 0 Å². The molecular formula is C44H85O13P. The smallest absolute Gasteiger partial charge is 0.462 e. The summed E-state index contributed by atoms with van der Waals surface area (Å²) >= 11 is 0. The van der Waals surface area contributed by atoms with E-state index in [1.807, 2.05) is 0 Å². The van der Waals surface area contributed by atoms with Gasteiger partial charge in [0.05, 0.1) is 6.61 Å². The zero-order valence-electron chi connectivity index (χ0n) is 36.4. The highest BCUT2D eigenvalue weighted by Crippen LogP contribution is 2.47. The van der Waals surface area contributed by atoms with Crippen LogP contribution in [-0.2, 0) is 32.7 Å². The molecule has 0 aliphatic heterocycles. The average Bonchev–Trinajstić information content (AvgIpc) is 3.20. The fraction of sp³-hybridized carbons (Fsp3) is 0.955. The van der Waals surface area contributed by atoms with E-state index < -0.39 is 75.7 Å². The highest BCUT2D eigenvalue weighted by atomic mass is 31.2. The normalized spacial score (nSPS) is 22.4. The molecular weight excluding hydrogens is 767 g/mol. The second-order valence-electron chi connectivity index (χ2n) is 16.6. The first-order chi connectivity index (χ1) is 27.9. The minimum Gasteiger partial charge on any atom is -0.462 e. The predicted octanol–water partition coefficient (Wildman–Crippen LogP) is 8.89. The molecule has 6 N–H and O–H groups in total. The fourth-order valence-electron chi connectivity index (χ4n) is 7.41. The zero-order valence-corrected chi connectivity index (χ0v) is 37.3. The van der Waals surface area contributed by atoms with Gasteiger partial charge in [-0.3, -0.25) is 18.6 Å². The van der Waals surface area contributed by atoms with Crippen LogP contribution >= 0.6 is 7.82 Å². The standard InChI is InChI=1S/C44H85O13P/c1-3-5-7-9-10-11-12-13-14-15-16-17-18-19-20-21-22-23-24-25-26-27-29-31-33-38(46)56-36(34-54-37(45)32-30-28-8-6-4-2)35-55-58(52,53)57-44-42(50)40(48)39(47)41(49)43(44)51/h36,39-44,47-51H,3-35H2,1-2H3,(H,52,53). The van der Waals surface area contributed by atoms with Crippen molar-refractivity contribution >= 4 is 19.8 Å². The summed E-state index contributed by atoms with van der Waals surface area (Å²) < 4.78 is 33.3. The van der Waals surface area contributed by atoms with Gasteiger partial charge in [0, 0.05) is 12.8 Å². The number of ether oxygens (including phenoxy) is 2. The lowest BCUT2D eigenvalue weighted by Gasteiger charge is -2.41. The van der Waals surface area contributed by atoms with E-state index in [-0.39, 0.29) is 12.8 Å². The van der Waals surface area contributed by atoms with E-state index in [2.05, 4.69) is 13.8 Å². The van der Waals surface area contributed by atoms with Gasteiger partial charge in [-0.15, -0.1) is 0 Å². The molecule has 14 heteroatoms. The largest absolute Gasteiger partial charge is 0.472 e. The first-order valence-electron chi connectivity index (χ1n) is 23.3. The number of esters is 2. The second-order valence-corrected chi connectivity index (χ2v) is 18.0. The molecule has 1 fully saturated rings. The Balaban J connectivity index is 2.25. The van der Waals surface area contributed by atoms with Crippen molar-refractivity contribution in [3.8, 4) is 0 Å². The van der Waals surface area contributed by atoms with E-state index in [4.69, 9.17) is 18.5 Å². The Morgan fingerprint density at radius 1 is 0.466 bits per heavy atom. The number of aliphatic hydroxyl groups excluding tert-OH is 5. The number of carbonyl (C=O) groups excluding carboxylic acids is 2. The minimum absolute atomic E-state index is 0.104.